The first kappa shape index (κ1) is 28.4. The molecule has 0 saturated heterocycles. The maximum absolute atomic E-state index is 13.5. The quantitative estimate of drug-likeness (QED) is 0.378. The van der Waals surface area contributed by atoms with Gasteiger partial charge in [0.05, 0.1) is 11.9 Å². The molecule has 2 rings (SSSR count). The van der Waals surface area contributed by atoms with Crippen molar-refractivity contribution in [3.8, 4) is 0 Å². The van der Waals surface area contributed by atoms with Crippen LogP contribution in [-0.2, 0) is 26.2 Å². The van der Waals surface area contributed by atoms with Gasteiger partial charge in [-0.2, -0.15) is 0 Å². The number of rotatable bonds is 11. The van der Waals surface area contributed by atoms with Gasteiger partial charge >= 0.3 is 0 Å². The number of unbranched alkanes of at least 4 members (excludes halogenated alkanes) is 1. The predicted octanol–water partition coefficient (Wildman–Crippen LogP) is 4.86. The van der Waals surface area contributed by atoms with Gasteiger partial charge in [-0.25, -0.2) is 8.42 Å². The Hall–Kier alpha value is -1.81. The number of anilines is 1. The Kier molecular flexibility index (Phi) is 10.7. The first-order chi connectivity index (χ1) is 16.0. The first-order valence-corrected chi connectivity index (χ1v) is 14.1. The Morgan fingerprint density at radius 2 is 1.82 bits per heavy atom. The highest BCUT2D eigenvalue weighted by Gasteiger charge is 2.31. The molecule has 0 spiro atoms. The van der Waals surface area contributed by atoms with Gasteiger partial charge in [0.15, 0.2) is 0 Å². The van der Waals surface area contributed by atoms with Gasteiger partial charge in [-0.3, -0.25) is 13.9 Å². The van der Waals surface area contributed by atoms with Crippen LogP contribution >= 0.6 is 39.1 Å². The molecule has 7 nitrogen and oxygen atoms in total. The van der Waals surface area contributed by atoms with Gasteiger partial charge < -0.3 is 10.2 Å². The highest BCUT2D eigenvalue weighted by Crippen LogP contribution is 2.28. The highest BCUT2D eigenvalue weighted by atomic mass is 79.9. The third kappa shape index (κ3) is 7.86. The lowest BCUT2D eigenvalue weighted by molar-refractivity contribution is -0.139. The van der Waals surface area contributed by atoms with E-state index >= 15 is 0 Å². The Balaban J connectivity index is 2.40. The number of hydrogen-bond acceptors (Lipinski definition) is 4. The topological polar surface area (TPSA) is 86.8 Å². The van der Waals surface area contributed by atoms with Crippen molar-refractivity contribution in [2.75, 3.05) is 23.7 Å². The number of benzene rings is 2. The number of para-hydroxylation sites is 1. The Labute approximate surface area is 219 Å². The van der Waals surface area contributed by atoms with E-state index in [4.69, 9.17) is 23.2 Å². The summed E-state index contributed by atoms with van der Waals surface area (Å²) in [7, 11) is -3.81. The summed E-state index contributed by atoms with van der Waals surface area (Å²) in [5.41, 5.74) is 0.905. The fourth-order valence-electron chi connectivity index (χ4n) is 3.20. The van der Waals surface area contributed by atoms with Gasteiger partial charge in [0.1, 0.15) is 12.6 Å². The zero-order chi connectivity index (χ0) is 25.5. The third-order valence-electron chi connectivity index (χ3n) is 5.15. The van der Waals surface area contributed by atoms with E-state index in [1.54, 1.807) is 49.4 Å². The summed E-state index contributed by atoms with van der Waals surface area (Å²) in [6, 6.07) is 10.7. The molecule has 0 radical (unpaired) electrons. The Morgan fingerprint density at radius 1 is 1.15 bits per heavy atom. The van der Waals surface area contributed by atoms with Crippen LogP contribution in [0.25, 0.3) is 0 Å². The van der Waals surface area contributed by atoms with Crippen LogP contribution in [0.5, 0.6) is 0 Å². The predicted molar refractivity (Wildman–Crippen MR) is 141 cm³/mol. The summed E-state index contributed by atoms with van der Waals surface area (Å²) in [6.45, 7) is 3.61. The van der Waals surface area contributed by atoms with Crippen molar-refractivity contribution in [2.45, 2.75) is 39.3 Å². The number of sulfonamides is 1. The molecule has 1 N–H and O–H groups in total. The molecule has 0 aliphatic carbocycles. The smallest absolute Gasteiger partial charge is 0.244 e. The fraction of sp³-hybridized carbons (Fsp3) is 0.391. The number of nitrogens with zero attached hydrogens (tertiary/aromatic N) is 2. The summed E-state index contributed by atoms with van der Waals surface area (Å²) < 4.78 is 26.7. The Bertz CT molecular complexity index is 1130. The van der Waals surface area contributed by atoms with Crippen molar-refractivity contribution in [3.63, 3.8) is 0 Å². The van der Waals surface area contributed by atoms with E-state index in [9.17, 15) is 18.0 Å². The van der Waals surface area contributed by atoms with Gasteiger partial charge in [-0.05, 0) is 59.1 Å². The van der Waals surface area contributed by atoms with Crippen molar-refractivity contribution in [3.05, 3.63) is 62.5 Å². The van der Waals surface area contributed by atoms with E-state index in [0.717, 1.165) is 23.4 Å². The van der Waals surface area contributed by atoms with Crippen LogP contribution < -0.4 is 9.62 Å². The molecule has 186 valence electrons. The molecule has 2 amide bonds. The fourth-order valence-corrected chi connectivity index (χ4v) is 5.15. The van der Waals surface area contributed by atoms with Crippen LogP contribution in [-0.4, -0.2) is 50.5 Å². The number of carbonyl (C=O) groups excluding carboxylic acids is 2. The van der Waals surface area contributed by atoms with Crippen LogP contribution in [0.3, 0.4) is 0 Å². The number of carbonyl (C=O) groups is 2. The number of halogens is 3. The van der Waals surface area contributed by atoms with E-state index in [2.05, 4.69) is 21.2 Å². The zero-order valence-corrected chi connectivity index (χ0v) is 23.1. The lowest BCUT2D eigenvalue weighted by atomic mass is 10.1. The summed E-state index contributed by atoms with van der Waals surface area (Å²) in [6.07, 6.45) is 2.74. The molecule has 0 aliphatic rings. The number of hydrogen-bond donors (Lipinski definition) is 1. The van der Waals surface area contributed by atoms with Crippen LogP contribution in [0.2, 0.25) is 10.0 Å². The molecule has 0 aliphatic heterocycles. The second-order valence-corrected chi connectivity index (χ2v) is 11.4. The van der Waals surface area contributed by atoms with E-state index in [0.29, 0.717) is 32.3 Å². The molecule has 34 heavy (non-hydrogen) atoms. The average Bonchev–Trinajstić information content (AvgIpc) is 2.76. The summed E-state index contributed by atoms with van der Waals surface area (Å²) in [4.78, 5) is 27.6. The normalized spacial score (nSPS) is 12.2. The molecule has 2 aromatic carbocycles. The molecule has 0 saturated carbocycles. The number of amides is 2. The van der Waals surface area contributed by atoms with Crippen molar-refractivity contribution in [1.82, 2.24) is 10.2 Å². The monoisotopic (exact) mass is 591 g/mol. The molecule has 0 bridgehead atoms. The van der Waals surface area contributed by atoms with E-state index in [1.165, 1.54) is 4.90 Å². The minimum absolute atomic E-state index is 0.00472. The van der Waals surface area contributed by atoms with E-state index < -0.39 is 28.5 Å². The molecule has 0 heterocycles. The van der Waals surface area contributed by atoms with E-state index in [-0.39, 0.29) is 12.5 Å². The van der Waals surface area contributed by atoms with E-state index in [1.807, 2.05) is 6.92 Å². The van der Waals surface area contributed by atoms with Gasteiger partial charge in [-0.1, -0.05) is 54.7 Å². The van der Waals surface area contributed by atoms with Crippen molar-refractivity contribution in [1.29, 1.82) is 0 Å². The molecule has 2 aromatic rings. The summed E-state index contributed by atoms with van der Waals surface area (Å²) >= 11 is 15.7. The molecular weight excluding hydrogens is 565 g/mol. The highest BCUT2D eigenvalue weighted by molar-refractivity contribution is 9.10. The van der Waals surface area contributed by atoms with Gasteiger partial charge in [0, 0.05) is 27.6 Å². The second kappa shape index (κ2) is 12.8. The first-order valence-electron chi connectivity index (χ1n) is 10.7. The molecular formula is C23H28BrCl2N3O4S. The van der Waals surface area contributed by atoms with Crippen molar-refractivity contribution in [2.24, 2.45) is 0 Å². The van der Waals surface area contributed by atoms with Crippen molar-refractivity contribution >= 4 is 66.7 Å². The van der Waals surface area contributed by atoms with Crippen LogP contribution in [0, 0.1) is 0 Å². The standard InChI is InChI=1S/C23H28BrCl2N3O4S/c1-4-5-12-27-23(31)16(2)28(14-17-10-11-18(25)13-20(17)26)22(30)15-29(34(3,32)33)21-9-7-6-8-19(21)24/h6-11,13,16H,4-5,12,14-15H2,1-3H3,(H,27,31)/t16-/m1/s1. The zero-order valence-electron chi connectivity index (χ0n) is 19.2. The second-order valence-electron chi connectivity index (χ2n) is 7.80. The summed E-state index contributed by atoms with van der Waals surface area (Å²) in [5.74, 6) is -0.885. The van der Waals surface area contributed by atoms with Gasteiger partial charge in [0.2, 0.25) is 21.8 Å². The SMILES string of the molecule is CCCCNC(=O)[C@@H](C)N(Cc1ccc(Cl)cc1Cl)C(=O)CN(c1ccccc1Br)S(C)(=O)=O. The van der Waals surface area contributed by atoms with Crippen molar-refractivity contribution < 1.29 is 18.0 Å². The maximum Gasteiger partial charge on any atom is 0.244 e. The molecule has 0 unspecified atom stereocenters. The average molecular weight is 593 g/mol. The van der Waals surface area contributed by atoms with Crippen LogP contribution in [0.4, 0.5) is 5.69 Å². The largest absolute Gasteiger partial charge is 0.354 e. The summed E-state index contributed by atoms with van der Waals surface area (Å²) in [5, 5.41) is 3.61. The Morgan fingerprint density at radius 3 is 2.41 bits per heavy atom. The molecule has 11 heteroatoms. The molecule has 0 aromatic heterocycles. The van der Waals surface area contributed by atoms with Crippen LogP contribution in [0.1, 0.15) is 32.3 Å². The minimum Gasteiger partial charge on any atom is -0.354 e. The third-order valence-corrected chi connectivity index (χ3v) is 7.54. The van der Waals surface area contributed by atoms with Gasteiger partial charge in [-0.15, -0.1) is 0 Å². The maximum atomic E-state index is 13.5. The lowest BCUT2D eigenvalue weighted by Gasteiger charge is -2.32. The van der Waals surface area contributed by atoms with Crippen LogP contribution in [0.15, 0.2) is 46.9 Å². The lowest BCUT2D eigenvalue weighted by Crippen LogP contribution is -2.51. The minimum atomic E-state index is -3.81. The molecule has 0 fully saturated rings. The van der Waals surface area contributed by atoms with Gasteiger partial charge in [0.25, 0.3) is 0 Å². The number of nitrogens with one attached hydrogen (secondary N) is 1. The molecule has 1 atom stereocenters.